The normalized spacial score (nSPS) is 22.3. The summed E-state index contributed by atoms with van der Waals surface area (Å²) in [5, 5.41) is 9.25. The molecule has 0 aliphatic carbocycles. The Morgan fingerprint density at radius 2 is 1.95 bits per heavy atom. The highest BCUT2D eigenvalue weighted by molar-refractivity contribution is 8.00. The van der Waals surface area contributed by atoms with E-state index in [0.717, 1.165) is 12.5 Å². The minimum absolute atomic E-state index is 0.298. The monoisotopic (exact) mass is 330 g/mol. The van der Waals surface area contributed by atoms with Gasteiger partial charge in [-0.05, 0) is 46.3 Å². The van der Waals surface area contributed by atoms with Crippen LogP contribution in [0.15, 0.2) is 4.99 Å². The summed E-state index contributed by atoms with van der Waals surface area (Å²) in [4.78, 5) is 15.7. The van der Waals surface area contributed by atoms with Gasteiger partial charge in [0.1, 0.15) is 5.60 Å². The van der Waals surface area contributed by atoms with Gasteiger partial charge < -0.3 is 20.7 Å². The molecule has 1 amide bonds. The number of alkyl carbamates (subject to hydrolysis) is 1. The Bertz CT molecular complexity index is 387. The second-order valence-electron chi connectivity index (χ2n) is 6.68. The zero-order chi connectivity index (χ0) is 16.6. The smallest absolute Gasteiger partial charge is 0.407 e. The number of rotatable bonds is 5. The number of carbonyl (C=O) groups excluding carboxylic acids is 1. The third-order valence-electron chi connectivity index (χ3n) is 3.24. The molecule has 1 heterocycles. The number of nitrogens with one attached hydrogen (secondary N) is 3. The molecule has 1 unspecified atom stereocenters. The molecule has 0 saturated carbocycles. The van der Waals surface area contributed by atoms with Crippen LogP contribution in [0.5, 0.6) is 0 Å². The van der Waals surface area contributed by atoms with Gasteiger partial charge in [-0.25, -0.2) is 4.79 Å². The number of nitrogens with zero attached hydrogens (tertiary/aromatic N) is 1. The van der Waals surface area contributed by atoms with Gasteiger partial charge in [0.15, 0.2) is 5.96 Å². The van der Waals surface area contributed by atoms with E-state index in [2.05, 4.69) is 27.9 Å². The molecule has 7 heteroatoms. The second kappa shape index (κ2) is 8.50. The van der Waals surface area contributed by atoms with E-state index in [9.17, 15) is 4.79 Å². The van der Waals surface area contributed by atoms with Gasteiger partial charge >= 0.3 is 6.09 Å². The molecule has 22 heavy (non-hydrogen) atoms. The van der Waals surface area contributed by atoms with Crippen LogP contribution < -0.4 is 16.0 Å². The number of amides is 1. The van der Waals surface area contributed by atoms with Gasteiger partial charge in [0.25, 0.3) is 0 Å². The van der Waals surface area contributed by atoms with Crippen molar-refractivity contribution in [2.45, 2.75) is 50.9 Å². The van der Waals surface area contributed by atoms with E-state index in [4.69, 9.17) is 4.74 Å². The van der Waals surface area contributed by atoms with Crippen LogP contribution in [0.25, 0.3) is 0 Å². The summed E-state index contributed by atoms with van der Waals surface area (Å²) in [5.74, 6) is 2.00. The van der Waals surface area contributed by atoms with Gasteiger partial charge in [0.2, 0.25) is 0 Å². The van der Waals surface area contributed by atoms with Crippen LogP contribution in [-0.4, -0.2) is 54.8 Å². The third kappa shape index (κ3) is 7.77. The lowest BCUT2D eigenvalue weighted by molar-refractivity contribution is 0.0529. The topological polar surface area (TPSA) is 74.8 Å². The van der Waals surface area contributed by atoms with Crippen molar-refractivity contribution in [2.24, 2.45) is 4.99 Å². The molecular weight excluding hydrogens is 300 g/mol. The maximum atomic E-state index is 11.5. The van der Waals surface area contributed by atoms with Crippen LogP contribution in [-0.2, 0) is 4.74 Å². The highest BCUT2D eigenvalue weighted by atomic mass is 32.2. The van der Waals surface area contributed by atoms with Crippen molar-refractivity contribution >= 4 is 23.8 Å². The third-order valence-corrected chi connectivity index (χ3v) is 4.78. The van der Waals surface area contributed by atoms with Crippen molar-refractivity contribution in [3.8, 4) is 0 Å². The highest BCUT2D eigenvalue weighted by Gasteiger charge is 2.29. The first-order valence-electron chi connectivity index (χ1n) is 7.79. The zero-order valence-corrected chi connectivity index (χ0v) is 15.2. The maximum Gasteiger partial charge on any atom is 0.407 e. The molecule has 3 N–H and O–H groups in total. The minimum Gasteiger partial charge on any atom is -0.444 e. The number of hydrogen-bond donors (Lipinski definition) is 3. The minimum atomic E-state index is -0.469. The zero-order valence-electron chi connectivity index (χ0n) is 14.4. The standard InChI is InChI=1S/C15H30N4O2S/c1-14(2,3)21-13(20)18-9-8-17-12(16-5)19-11-15(4)7-6-10-22-15/h6-11H2,1-5H3,(H,18,20)(H2,16,17,19). The summed E-state index contributed by atoms with van der Waals surface area (Å²) >= 11 is 2.02. The lowest BCUT2D eigenvalue weighted by Crippen LogP contribution is -2.46. The fourth-order valence-electron chi connectivity index (χ4n) is 2.13. The van der Waals surface area contributed by atoms with Crippen LogP contribution in [0.4, 0.5) is 4.79 Å². The molecule has 0 aromatic heterocycles. The number of thioether (sulfide) groups is 1. The summed E-state index contributed by atoms with van der Waals surface area (Å²) in [7, 11) is 1.75. The van der Waals surface area contributed by atoms with Gasteiger partial charge in [0.05, 0.1) is 0 Å². The predicted octanol–water partition coefficient (Wildman–Crippen LogP) is 1.96. The van der Waals surface area contributed by atoms with E-state index in [1.807, 2.05) is 32.5 Å². The number of ether oxygens (including phenoxy) is 1. The van der Waals surface area contributed by atoms with Gasteiger partial charge in [-0.2, -0.15) is 11.8 Å². The first-order chi connectivity index (χ1) is 10.2. The van der Waals surface area contributed by atoms with E-state index < -0.39 is 11.7 Å². The van der Waals surface area contributed by atoms with E-state index in [-0.39, 0.29) is 0 Å². The lowest BCUT2D eigenvalue weighted by Gasteiger charge is -2.24. The number of guanidine groups is 1. The summed E-state index contributed by atoms with van der Waals surface area (Å²) in [6.07, 6.45) is 2.13. The maximum absolute atomic E-state index is 11.5. The average molecular weight is 330 g/mol. The molecule has 0 radical (unpaired) electrons. The quantitative estimate of drug-likeness (QED) is 0.408. The van der Waals surface area contributed by atoms with Gasteiger partial charge in [0, 0.05) is 31.4 Å². The Balaban J connectivity index is 2.18. The molecule has 6 nitrogen and oxygen atoms in total. The summed E-state index contributed by atoms with van der Waals surface area (Å²) < 4.78 is 5.47. The van der Waals surface area contributed by atoms with E-state index >= 15 is 0 Å². The second-order valence-corrected chi connectivity index (χ2v) is 8.37. The van der Waals surface area contributed by atoms with Gasteiger partial charge in [-0.15, -0.1) is 0 Å². The molecule has 1 aliphatic heterocycles. The summed E-state index contributed by atoms with van der Waals surface area (Å²) in [6.45, 7) is 9.81. The Morgan fingerprint density at radius 3 is 2.50 bits per heavy atom. The molecule has 0 spiro atoms. The van der Waals surface area contributed by atoms with Crippen LogP contribution in [0, 0.1) is 0 Å². The van der Waals surface area contributed by atoms with Crippen LogP contribution in [0.1, 0.15) is 40.5 Å². The fourth-order valence-corrected chi connectivity index (χ4v) is 3.37. The van der Waals surface area contributed by atoms with Crippen molar-refractivity contribution in [3.05, 3.63) is 0 Å². The molecule has 0 aromatic rings. The van der Waals surface area contributed by atoms with Crippen molar-refractivity contribution in [3.63, 3.8) is 0 Å². The lowest BCUT2D eigenvalue weighted by atomic mass is 10.1. The SMILES string of the molecule is CN=C(NCCNC(=O)OC(C)(C)C)NCC1(C)CCCS1. The van der Waals surface area contributed by atoms with Crippen molar-refractivity contribution in [2.75, 3.05) is 32.4 Å². The molecule has 1 aliphatic rings. The first-order valence-corrected chi connectivity index (χ1v) is 8.78. The van der Waals surface area contributed by atoms with Crippen LogP contribution in [0.3, 0.4) is 0 Å². The predicted molar refractivity (Wildman–Crippen MR) is 93.7 cm³/mol. The number of aliphatic imine (C=N–C) groups is 1. The Labute approximate surface area is 138 Å². The van der Waals surface area contributed by atoms with E-state index in [1.165, 1.54) is 18.6 Å². The largest absolute Gasteiger partial charge is 0.444 e. The summed E-state index contributed by atoms with van der Waals surface area (Å²) in [6, 6.07) is 0. The van der Waals surface area contributed by atoms with Gasteiger partial charge in [-0.1, -0.05) is 0 Å². The molecule has 0 aromatic carbocycles. The molecule has 128 valence electrons. The Hall–Kier alpha value is -1.11. The van der Waals surface area contributed by atoms with Crippen molar-refractivity contribution < 1.29 is 9.53 Å². The first kappa shape index (κ1) is 18.9. The molecule has 1 atom stereocenters. The van der Waals surface area contributed by atoms with E-state index in [0.29, 0.717) is 17.8 Å². The van der Waals surface area contributed by atoms with E-state index in [1.54, 1.807) is 7.05 Å². The molecule has 1 fully saturated rings. The van der Waals surface area contributed by atoms with Crippen LogP contribution >= 0.6 is 11.8 Å². The molecule has 0 bridgehead atoms. The Morgan fingerprint density at radius 1 is 1.27 bits per heavy atom. The average Bonchev–Trinajstić information content (AvgIpc) is 2.83. The van der Waals surface area contributed by atoms with Crippen molar-refractivity contribution in [1.29, 1.82) is 0 Å². The summed E-state index contributed by atoms with van der Waals surface area (Å²) in [5.41, 5.74) is -0.469. The highest BCUT2D eigenvalue weighted by Crippen LogP contribution is 2.36. The number of carbonyl (C=O) groups is 1. The Kier molecular flexibility index (Phi) is 7.32. The van der Waals surface area contributed by atoms with Gasteiger partial charge in [-0.3, -0.25) is 4.99 Å². The fraction of sp³-hybridized carbons (Fsp3) is 0.867. The van der Waals surface area contributed by atoms with Crippen molar-refractivity contribution in [1.82, 2.24) is 16.0 Å². The molecule has 1 rings (SSSR count). The number of hydrogen-bond acceptors (Lipinski definition) is 4. The molecule has 1 saturated heterocycles. The van der Waals surface area contributed by atoms with Crippen LogP contribution in [0.2, 0.25) is 0 Å². The molecular formula is C15H30N4O2S.